The van der Waals surface area contributed by atoms with E-state index < -0.39 is 0 Å². The van der Waals surface area contributed by atoms with Crippen LogP contribution in [0.15, 0.2) is 90.2 Å². The van der Waals surface area contributed by atoms with Crippen LogP contribution in [0.2, 0.25) is 0 Å². The molecule has 1 nitrogen and oxygen atoms in total. The van der Waals surface area contributed by atoms with Gasteiger partial charge in [-0.25, -0.2) is 0 Å². The molecule has 2 aromatic carbocycles. The molecule has 0 aromatic heterocycles. The van der Waals surface area contributed by atoms with Crippen molar-refractivity contribution >= 4 is 11.3 Å². The second kappa shape index (κ2) is 6.91. The molecule has 0 fully saturated rings. The Bertz CT molecular complexity index is 1070. The van der Waals surface area contributed by atoms with E-state index in [4.69, 9.17) is 0 Å². The van der Waals surface area contributed by atoms with E-state index in [2.05, 4.69) is 125 Å². The number of benzene rings is 2. The summed E-state index contributed by atoms with van der Waals surface area (Å²) in [7, 11) is 2.16. The first kappa shape index (κ1) is 19.5. The first-order valence-electron chi connectivity index (χ1n) is 10.5. The fraction of sp³-hybridized carbons (Fsp3) is 0.286. The summed E-state index contributed by atoms with van der Waals surface area (Å²) in [5.41, 5.74) is 9.70. The van der Waals surface area contributed by atoms with Crippen molar-refractivity contribution in [1.82, 2.24) is 0 Å². The van der Waals surface area contributed by atoms with E-state index in [9.17, 15) is 0 Å². The average molecular weight is 382 g/mol. The van der Waals surface area contributed by atoms with Crippen LogP contribution in [0.3, 0.4) is 0 Å². The Balaban J connectivity index is 1.56. The van der Waals surface area contributed by atoms with Crippen molar-refractivity contribution in [3.8, 4) is 0 Å². The third-order valence-electron chi connectivity index (χ3n) is 6.76. The lowest BCUT2D eigenvalue weighted by Gasteiger charge is -2.23. The molecule has 0 atom stereocenters. The van der Waals surface area contributed by atoms with E-state index in [0.717, 1.165) is 0 Å². The third kappa shape index (κ3) is 3.00. The zero-order valence-electron chi connectivity index (χ0n) is 18.5. The maximum absolute atomic E-state index is 2.32. The smallest absolute Gasteiger partial charge is 0.0447 e. The van der Waals surface area contributed by atoms with Gasteiger partial charge in [0, 0.05) is 29.3 Å². The Morgan fingerprint density at radius 2 is 1.41 bits per heavy atom. The van der Waals surface area contributed by atoms with Crippen molar-refractivity contribution in [2.75, 3.05) is 11.9 Å². The van der Waals surface area contributed by atoms with Gasteiger partial charge in [-0.2, -0.15) is 0 Å². The Morgan fingerprint density at radius 3 is 2.10 bits per heavy atom. The van der Waals surface area contributed by atoms with Crippen LogP contribution >= 0.6 is 0 Å². The fourth-order valence-electron chi connectivity index (χ4n) is 5.11. The normalized spacial score (nSPS) is 20.9. The summed E-state index contributed by atoms with van der Waals surface area (Å²) in [6, 6.07) is 17.5. The quantitative estimate of drug-likeness (QED) is 0.509. The minimum absolute atomic E-state index is 0.0214. The minimum Gasteiger partial charge on any atom is -0.347 e. The van der Waals surface area contributed by atoms with Gasteiger partial charge in [0.25, 0.3) is 0 Å². The van der Waals surface area contributed by atoms with Gasteiger partial charge in [0.15, 0.2) is 0 Å². The maximum Gasteiger partial charge on any atom is 0.0447 e. The van der Waals surface area contributed by atoms with Gasteiger partial charge < -0.3 is 4.90 Å². The summed E-state index contributed by atoms with van der Waals surface area (Å²) in [6.45, 7) is 11.5. The number of nitrogens with zero attached hydrogens (tertiary/aromatic N) is 1. The highest BCUT2D eigenvalue weighted by molar-refractivity contribution is 5.81. The van der Waals surface area contributed by atoms with Gasteiger partial charge in [0.1, 0.15) is 0 Å². The van der Waals surface area contributed by atoms with Gasteiger partial charge in [-0.05, 0) is 46.9 Å². The van der Waals surface area contributed by atoms with Crippen molar-refractivity contribution in [1.29, 1.82) is 0 Å². The van der Waals surface area contributed by atoms with Crippen LogP contribution in [0.5, 0.6) is 0 Å². The molecule has 1 aliphatic carbocycles. The highest BCUT2D eigenvalue weighted by Gasteiger charge is 2.37. The predicted octanol–water partition coefficient (Wildman–Crippen LogP) is 7.18. The molecule has 29 heavy (non-hydrogen) atoms. The van der Waals surface area contributed by atoms with E-state index in [0.29, 0.717) is 0 Å². The lowest BCUT2D eigenvalue weighted by atomic mass is 9.81. The molecule has 1 heterocycles. The topological polar surface area (TPSA) is 3.24 Å². The molecule has 0 unspecified atom stereocenters. The van der Waals surface area contributed by atoms with Gasteiger partial charge in [0.2, 0.25) is 0 Å². The van der Waals surface area contributed by atoms with Crippen molar-refractivity contribution < 1.29 is 0 Å². The number of para-hydroxylation sites is 1. The molecule has 0 saturated carbocycles. The SMILES string of the molecule is CC1=C(/C=C/C=C/C=C2\N(C)c3ccccc3C2(C)C)C(C)(C)c2ccccc21. The number of fused-ring (bicyclic) bond motifs is 2. The predicted molar refractivity (Wildman–Crippen MR) is 126 cm³/mol. The van der Waals surface area contributed by atoms with Crippen LogP contribution in [-0.4, -0.2) is 7.05 Å². The minimum atomic E-state index is 0.0214. The number of likely N-dealkylation sites (N-methyl/N-ethyl adjacent to an activating group) is 1. The van der Waals surface area contributed by atoms with E-state index in [1.54, 1.807) is 0 Å². The molecule has 4 rings (SSSR count). The maximum atomic E-state index is 2.32. The van der Waals surface area contributed by atoms with Gasteiger partial charge >= 0.3 is 0 Å². The van der Waals surface area contributed by atoms with Crippen molar-refractivity contribution in [3.05, 3.63) is 107 Å². The molecule has 1 aliphatic heterocycles. The van der Waals surface area contributed by atoms with Crippen LogP contribution in [-0.2, 0) is 10.8 Å². The molecule has 2 aliphatic rings. The molecular formula is C28H31N. The average Bonchev–Trinajstić information content (AvgIpc) is 3.02. The fourth-order valence-corrected chi connectivity index (χ4v) is 5.11. The molecule has 0 N–H and O–H groups in total. The summed E-state index contributed by atoms with van der Waals surface area (Å²) in [5, 5.41) is 0. The molecule has 0 bridgehead atoms. The van der Waals surface area contributed by atoms with Crippen molar-refractivity contribution in [2.24, 2.45) is 0 Å². The van der Waals surface area contributed by atoms with Crippen LogP contribution < -0.4 is 4.90 Å². The van der Waals surface area contributed by atoms with Gasteiger partial charge in [0.05, 0.1) is 0 Å². The standard InChI is InChI=1S/C28H31N/c1-20-21-14-10-11-16-23(21)27(2,3)22(20)15-8-7-9-19-26-28(4,5)24-17-12-13-18-25(24)29(26)6/h7-19H,1-6H3/b9-7+,15-8+,26-19-. The van der Waals surface area contributed by atoms with Gasteiger partial charge in [-0.3, -0.25) is 0 Å². The van der Waals surface area contributed by atoms with Crippen LogP contribution in [0.1, 0.15) is 51.3 Å². The van der Waals surface area contributed by atoms with Crippen LogP contribution in [0.25, 0.3) is 5.57 Å². The first-order valence-corrected chi connectivity index (χ1v) is 10.5. The summed E-state index contributed by atoms with van der Waals surface area (Å²) >= 11 is 0. The first-order chi connectivity index (χ1) is 13.8. The second-order valence-electron chi connectivity index (χ2n) is 9.21. The lowest BCUT2D eigenvalue weighted by molar-refractivity contribution is 0.640. The van der Waals surface area contributed by atoms with Crippen molar-refractivity contribution in [3.63, 3.8) is 0 Å². The Hall–Kier alpha value is -2.80. The Labute approximate surface area is 175 Å². The van der Waals surface area contributed by atoms with Crippen LogP contribution in [0.4, 0.5) is 5.69 Å². The number of rotatable bonds is 3. The molecule has 0 saturated heterocycles. The van der Waals surface area contributed by atoms with Gasteiger partial charge in [-0.1, -0.05) is 94.5 Å². The van der Waals surface area contributed by atoms with E-state index in [1.165, 1.54) is 39.2 Å². The summed E-state index contributed by atoms with van der Waals surface area (Å²) in [6.07, 6.45) is 11.0. The molecular weight excluding hydrogens is 350 g/mol. The number of hydrogen-bond acceptors (Lipinski definition) is 1. The number of hydrogen-bond donors (Lipinski definition) is 0. The highest BCUT2D eigenvalue weighted by atomic mass is 15.2. The van der Waals surface area contributed by atoms with E-state index in [-0.39, 0.29) is 10.8 Å². The summed E-state index contributed by atoms with van der Waals surface area (Å²) < 4.78 is 0. The zero-order valence-corrected chi connectivity index (χ0v) is 18.5. The van der Waals surface area contributed by atoms with Crippen LogP contribution in [0, 0.1) is 0 Å². The zero-order chi connectivity index (χ0) is 20.8. The van der Waals surface area contributed by atoms with E-state index in [1.807, 2.05) is 0 Å². The largest absolute Gasteiger partial charge is 0.347 e. The highest BCUT2D eigenvalue weighted by Crippen LogP contribution is 2.47. The molecule has 0 radical (unpaired) electrons. The van der Waals surface area contributed by atoms with E-state index >= 15 is 0 Å². The number of anilines is 1. The van der Waals surface area contributed by atoms with Gasteiger partial charge in [-0.15, -0.1) is 0 Å². The monoisotopic (exact) mass is 381 g/mol. The summed E-state index contributed by atoms with van der Waals surface area (Å²) in [5.74, 6) is 0. The van der Waals surface area contributed by atoms with Crippen molar-refractivity contribution in [2.45, 2.75) is 45.4 Å². The number of allylic oxidation sites excluding steroid dienone is 8. The molecule has 0 spiro atoms. The molecule has 1 heteroatoms. The Kier molecular flexibility index (Phi) is 4.65. The Morgan fingerprint density at radius 1 is 0.759 bits per heavy atom. The second-order valence-corrected chi connectivity index (χ2v) is 9.21. The summed E-state index contributed by atoms with van der Waals surface area (Å²) in [4.78, 5) is 2.31. The molecule has 2 aromatic rings. The molecule has 148 valence electrons. The lowest BCUT2D eigenvalue weighted by Crippen LogP contribution is -2.22. The third-order valence-corrected chi connectivity index (χ3v) is 6.76. The molecule has 0 amide bonds.